The van der Waals surface area contributed by atoms with Crippen molar-refractivity contribution >= 4 is 11.6 Å². The number of nitrogens with one attached hydrogen (secondary N) is 1. The highest BCUT2D eigenvalue weighted by Gasteiger charge is 2.28. The van der Waals surface area contributed by atoms with Crippen LogP contribution in [0.3, 0.4) is 0 Å². The Hall–Kier alpha value is -1.36. The molecule has 1 aliphatic heterocycles. The third kappa shape index (κ3) is 2.97. The fourth-order valence-corrected chi connectivity index (χ4v) is 2.69. The number of hydrogen-bond donors (Lipinski definition) is 2. The lowest BCUT2D eigenvalue weighted by molar-refractivity contribution is 0.136. The summed E-state index contributed by atoms with van der Waals surface area (Å²) in [5.74, 6) is 2.31. The molecule has 5 heteroatoms. The zero-order valence-corrected chi connectivity index (χ0v) is 12.1. The first-order valence-corrected chi connectivity index (χ1v) is 7.18. The molecule has 1 aromatic rings. The molecule has 106 valence electrons. The molecule has 1 saturated heterocycles. The molecule has 0 spiro atoms. The molecule has 2 unspecified atom stereocenters. The molecule has 2 rings (SSSR count). The SMILES string of the molecule is CCNc1ncnc(N2CCC(C(C)O)C2)c1CC. The van der Waals surface area contributed by atoms with E-state index in [1.807, 2.05) is 6.92 Å². The summed E-state index contributed by atoms with van der Waals surface area (Å²) in [6.45, 7) is 8.78. The average molecular weight is 264 g/mol. The number of aliphatic hydroxyl groups is 1. The minimum atomic E-state index is -0.245. The molecule has 1 fully saturated rings. The molecule has 1 aliphatic rings. The van der Waals surface area contributed by atoms with E-state index in [1.54, 1.807) is 6.33 Å². The van der Waals surface area contributed by atoms with Crippen LogP contribution in [0.1, 0.15) is 32.8 Å². The first-order valence-electron chi connectivity index (χ1n) is 7.18. The first kappa shape index (κ1) is 14.1. The highest BCUT2D eigenvalue weighted by molar-refractivity contribution is 5.59. The van der Waals surface area contributed by atoms with E-state index in [0.29, 0.717) is 5.92 Å². The van der Waals surface area contributed by atoms with Gasteiger partial charge in [-0.05, 0) is 26.7 Å². The summed E-state index contributed by atoms with van der Waals surface area (Å²) in [5, 5.41) is 13.0. The summed E-state index contributed by atoms with van der Waals surface area (Å²) in [6.07, 6.45) is 3.32. The zero-order valence-electron chi connectivity index (χ0n) is 12.1. The maximum atomic E-state index is 9.71. The van der Waals surface area contributed by atoms with E-state index in [9.17, 15) is 5.11 Å². The van der Waals surface area contributed by atoms with E-state index >= 15 is 0 Å². The van der Waals surface area contributed by atoms with Crippen molar-refractivity contribution in [3.8, 4) is 0 Å². The molecule has 0 saturated carbocycles. The van der Waals surface area contributed by atoms with E-state index in [1.165, 1.54) is 5.56 Å². The van der Waals surface area contributed by atoms with Gasteiger partial charge >= 0.3 is 0 Å². The van der Waals surface area contributed by atoms with Crippen molar-refractivity contribution in [2.75, 3.05) is 29.9 Å². The average Bonchev–Trinajstić information content (AvgIpc) is 2.88. The van der Waals surface area contributed by atoms with Gasteiger partial charge in [0.2, 0.25) is 0 Å². The molecule has 0 radical (unpaired) electrons. The van der Waals surface area contributed by atoms with E-state index in [2.05, 4.69) is 34.0 Å². The van der Waals surface area contributed by atoms with Crippen molar-refractivity contribution in [1.29, 1.82) is 0 Å². The maximum absolute atomic E-state index is 9.71. The summed E-state index contributed by atoms with van der Waals surface area (Å²) < 4.78 is 0. The number of aromatic nitrogens is 2. The van der Waals surface area contributed by atoms with Gasteiger partial charge in [0, 0.05) is 31.1 Å². The van der Waals surface area contributed by atoms with Crippen LogP contribution in [0.2, 0.25) is 0 Å². The lowest BCUT2D eigenvalue weighted by Gasteiger charge is -2.22. The molecule has 0 amide bonds. The smallest absolute Gasteiger partial charge is 0.137 e. The topological polar surface area (TPSA) is 61.3 Å². The van der Waals surface area contributed by atoms with E-state index in [4.69, 9.17) is 0 Å². The number of nitrogens with zero attached hydrogens (tertiary/aromatic N) is 3. The Labute approximate surface area is 115 Å². The highest BCUT2D eigenvalue weighted by Crippen LogP contribution is 2.29. The lowest BCUT2D eigenvalue weighted by Crippen LogP contribution is -2.26. The second kappa shape index (κ2) is 6.19. The normalized spacial score (nSPS) is 20.6. The molecular weight excluding hydrogens is 240 g/mol. The molecule has 5 nitrogen and oxygen atoms in total. The standard InChI is InChI=1S/C14H24N4O/c1-4-12-13(15-5-2)16-9-17-14(12)18-7-6-11(8-18)10(3)19/h9-11,19H,4-8H2,1-3H3,(H,15,16,17). The van der Waals surface area contributed by atoms with Crippen LogP contribution in [0, 0.1) is 5.92 Å². The van der Waals surface area contributed by atoms with Gasteiger partial charge in [0.25, 0.3) is 0 Å². The molecule has 2 atom stereocenters. The molecule has 0 aliphatic carbocycles. The summed E-state index contributed by atoms with van der Waals surface area (Å²) in [4.78, 5) is 11.1. The van der Waals surface area contributed by atoms with Crippen molar-refractivity contribution in [2.24, 2.45) is 5.92 Å². The van der Waals surface area contributed by atoms with Crippen LogP contribution in [0.25, 0.3) is 0 Å². The van der Waals surface area contributed by atoms with E-state index in [-0.39, 0.29) is 6.10 Å². The summed E-state index contributed by atoms with van der Waals surface area (Å²) >= 11 is 0. The molecule has 0 bridgehead atoms. The second-order valence-electron chi connectivity index (χ2n) is 5.14. The quantitative estimate of drug-likeness (QED) is 0.847. The molecule has 2 N–H and O–H groups in total. The third-order valence-electron chi connectivity index (χ3n) is 3.83. The maximum Gasteiger partial charge on any atom is 0.137 e. The molecule has 1 aromatic heterocycles. The van der Waals surface area contributed by atoms with Gasteiger partial charge in [-0.2, -0.15) is 0 Å². The monoisotopic (exact) mass is 264 g/mol. The van der Waals surface area contributed by atoms with E-state index in [0.717, 1.165) is 44.1 Å². The zero-order chi connectivity index (χ0) is 13.8. The van der Waals surface area contributed by atoms with Crippen molar-refractivity contribution in [1.82, 2.24) is 9.97 Å². The molecule has 0 aromatic carbocycles. The number of rotatable bonds is 5. The minimum absolute atomic E-state index is 0.245. The van der Waals surface area contributed by atoms with Crippen molar-refractivity contribution < 1.29 is 5.11 Å². The summed E-state index contributed by atoms with van der Waals surface area (Å²) in [5.41, 5.74) is 1.18. The Morgan fingerprint density at radius 3 is 2.84 bits per heavy atom. The van der Waals surface area contributed by atoms with Crippen molar-refractivity contribution in [2.45, 2.75) is 39.7 Å². The van der Waals surface area contributed by atoms with Crippen LogP contribution in [-0.2, 0) is 6.42 Å². The fourth-order valence-electron chi connectivity index (χ4n) is 2.69. The van der Waals surface area contributed by atoms with Crippen LogP contribution in [0.15, 0.2) is 6.33 Å². The van der Waals surface area contributed by atoms with Gasteiger partial charge in [-0.25, -0.2) is 9.97 Å². The lowest BCUT2D eigenvalue weighted by atomic mass is 10.0. The predicted molar refractivity (Wildman–Crippen MR) is 77.6 cm³/mol. The van der Waals surface area contributed by atoms with Crippen LogP contribution < -0.4 is 10.2 Å². The van der Waals surface area contributed by atoms with Gasteiger partial charge in [0.05, 0.1) is 6.10 Å². The Morgan fingerprint density at radius 2 is 2.26 bits per heavy atom. The van der Waals surface area contributed by atoms with Crippen molar-refractivity contribution in [3.05, 3.63) is 11.9 Å². The van der Waals surface area contributed by atoms with Crippen LogP contribution in [0.5, 0.6) is 0 Å². The number of hydrogen-bond acceptors (Lipinski definition) is 5. The predicted octanol–water partition coefficient (Wildman–Crippen LogP) is 1.68. The van der Waals surface area contributed by atoms with Gasteiger partial charge in [0.1, 0.15) is 18.0 Å². The molecule has 19 heavy (non-hydrogen) atoms. The largest absolute Gasteiger partial charge is 0.393 e. The highest BCUT2D eigenvalue weighted by atomic mass is 16.3. The fraction of sp³-hybridized carbons (Fsp3) is 0.714. The van der Waals surface area contributed by atoms with Gasteiger partial charge in [-0.1, -0.05) is 6.92 Å². The minimum Gasteiger partial charge on any atom is -0.393 e. The Morgan fingerprint density at radius 1 is 1.47 bits per heavy atom. The van der Waals surface area contributed by atoms with Gasteiger partial charge in [0.15, 0.2) is 0 Å². The number of anilines is 2. The molecule has 2 heterocycles. The summed E-state index contributed by atoms with van der Waals surface area (Å²) in [6, 6.07) is 0. The van der Waals surface area contributed by atoms with Crippen molar-refractivity contribution in [3.63, 3.8) is 0 Å². The van der Waals surface area contributed by atoms with Gasteiger partial charge in [-0.15, -0.1) is 0 Å². The third-order valence-corrected chi connectivity index (χ3v) is 3.83. The first-order chi connectivity index (χ1) is 9.17. The van der Waals surface area contributed by atoms with Crippen LogP contribution in [0.4, 0.5) is 11.6 Å². The van der Waals surface area contributed by atoms with Gasteiger partial charge < -0.3 is 15.3 Å². The Balaban J connectivity index is 2.23. The molecular formula is C14H24N4O. The van der Waals surface area contributed by atoms with Gasteiger partial charge in [-0.3, -0.25) is 0 Å². The van der Waals surface area contributed by atoms with Crippen LogP contribution >= 0.6 is 0 Å². The Bertz CT molecular complexity index is 422. The van der Waals surface area contributed by atoms with Crippen LogP contribution in [-0.4, -0.2) is 40.8 Å². The Kier molecular flexibility index (Phi) is 4.58. The second-order valence-corrected chi connectivity index (χ2v) is 5.14. The summed E-state index contributed by atoms with van der Waals surface area (Å²) in [7, 11) is 0. The number of aliphatic hydroxyl groups excluding tert-OH is 1. The van der Waals surface area contributed by atoms with E-state index < -0.39 is 0 Å².